The van der Waals surface area contributed by atoms with Crippen LogP contribution in [-0.4, -0.2) is 38.7 Å². The van der Waals surface area contributed by atoms with E-state index in [4.69, 9.17) is 11.6 Å². The van der Waals surface area contributed by atoms with Crippen molar-refractivity contribution in [3.8, 4) is 5.75 Å². The highest BCUT2D eigenvalue weighted by atomic mass is 35.5. The maximum absolute atomic E-state index is 13.7. The van der Waals surface area contributed by atoms with Crippen LogP contribution >= 0.6 is 11.6 Å². The maximum atomic E-state index is 13.7. The van der Waals surface area contributed by atoms with Gasteiger partial charge in [0.25, 0.3) is 0 Å². The van der Waals surface area contributed by atoms with Crippen LogP contribution in [0.25, 0.3) is 0 Å². The third-order valence-corrected chi connectivity index (χ3v) is 5.37. The van der Waals surface area contributed by atoms with Crippen LogP contribution in [0.4, 0.5) is 58.7 Å². The van der Waals surface area contributed by atoms with Crippen molar-refractivity contribution in [2.75, 3.05) is 16.1 Å². The van der Waals surface area contributed by atoms with E-state index in [2.05, 4.69) is 45.8 Å². The third-order valence-electron chi connectivity index (χ3n) is 5.15. The van der Waals surface area contributed by atoms with E-state index < -0.39 is 35.8 Å². The summed E-state index contributed by atoms with van der Waals surface area (Å²) in [7, 11) is 0. The van der Waals surface area contributed by atoms with Gasteiger partial charge < -0.3 is 15.4 Å². The summed E-state index contributed by atoms with van der Waals surface area (Å²) in [6, 6.07) is 10.1. The lowest BCUT2D eigenvalue weighted by molar-refractivity contribution is -0.253. The number of halogens is 9. The Morgan fingerprint density at radius 2 is 1.67 bits per heavy atom. The van der Waals surface area contributed by atoms with Gasteiger partial charge in [-0.1, -0.05) is 29.8 Å². The number of alkyl halides is 7. The molecule has 4 rings (SSSR count). The molecule has 0 spiro atoms. The van der Waals surface area contributed by atoms with Crippen molar-refractivity contribution >= 4 is 41.3 Å². The average Bonchev–Trinajstić information content (AvgIpc) is 2.93. The lowest BCUT2D eigenvalue weighted by Gasteiger charge is -2.16. The molecule has 4 aromatic rings. The molecule has 2 aromatic heterocycles. The molecule has 3 N–H and O–H groups in total. The predicted octanol–water partition coefficient (Wildman–Crippen LogP) is 7.12. The number of rotatable bonds is 11. The molecule has 43 heavy (non-hydrogen) atoms. The Morgan fingerprint density at radius 1 is 0.930 bits per heavy atom. The summed E-state index contributed by atoms with van der Waals surface area (Å²) in [5, 5.41) is 9.53. The molecule has 0 saturated heterocycles. The van der Waals surface area contributed by atoms with Gasteiger partial charge in [-0.2, -0.15) is 50.8 Å². The number of nitrogens with one attached hydrogen (secondary N) is 3. The van der Waals surface area contributed by atoms with E-state index in [0.29, 0.717) is 17.7 Å². The Kier molecular flexibility index (Phi) is 9.43. The smallest absolute Gasteiger partial charge is 0.428 e. The summed E-state index contributed by atoms with van der Waals surface area (Å²) in [4.78, 5) is 16.2. The number of hydrogen-bond donors (Lipinski definition) is 3. The second-order valence-electron chi connectivity index (χ2n) is 8.37. The van der Waals surface area contributed by atoms with Crippen LogP contribution in [0.3, 0.4) is 0 Å². The SMILES string of the molecule is Fc1ccc(Nc2nc(NCc3ccc(Cl)nc3)nc(N/N=C/c3cccc(OC(F)(F)C(F)F)c3)n2)cc1C(F)(F)F. The van der Waals surface area contributed by atoms with Gasteiger partial charge in [-0.15, -0.1) is 0 Å². The molecule has 0 bridgehead atoms. The van der Waals surface area contributed by atoms with E-state index in [1.54, 1.807) is 12.1 Å². The molecule has 9 nitrogen and oxygen atoms in total. The molecular formula is C25H17ClF8N8O. The van der Waals surface area contributed by atoms with Gasteiger partial charge in [0, 0.05) is 18.4 Å². The summed E-state index contributed by atoms with van der Waals surface area (Å²) in [6.45, 7) is 0.140. The monoisotopic (exact) mass is 632 g/mol. The van der Waals surface area contributed by atoms with E-state index in [1.165, 1.54) is 18.3 Å². The second-order valence-corrected chi connectivity index (χ2v) is 8.76. The number of anilines is 4. The van der Waals surface area contributed by atoms with Crippen LogP contribution in [0.15, 0.2) is 65.9 Å². The largest absolute Gasteiger partial charge is 0.461 e. The highest BCUT2D eigenvalue weighted by molar-refractivity contribution is 6.29. The zero-order valence-electron chi connectivity index (χ0n) is 21.2. The molecule has 0 radical (unpaired) electrons. The second kappa shape index (κ2) is 13.0. The lowest BCUT2D eigenvalue weighted by Crippen LogP contribution is -2.33. The van der Waals surface area contributed by atoms with Crippen molar-refractivity contribution in [3.63, 3.8) is 0 Å². The molecule has 0 aliphatic rings. The highest BCUT2D eigenvalue weighted by Gasteiger charge is 2.44. The standard InChI is InChI=1S/C25H17ClF8N8O/c26-19-7-4-14(10-35-19)11-36-21-39-22(38-15-5-6-18(27)17(9-15)24(30,31)32)41-23(40-21)42-37-12-13-2-1-3-16(8-13)43-25(33,34)20(28)29/h1-10,12,20H,11H2,(H3,36,38,39,40,41,42)/b37-12+. The molecule has 18 heteroatoms. The summed E-state index contributed by atoms with van der Waals surface area (Å²) in [5.74, 6) is -2.61. The Labute approximate surface area is 242 Å². The Balaban J connectivity index is 1.56. The van der Waals surface area contributed by atoms with Crippen LogP contribution in [0.5, 0.6) is 5.75 Å². The molecule has 0 saturated carbocycles. The number of pyridine rings is 1. The number of hydrogen-bond acceptors (Lipinski definition) is 9. The van der Waals surface area contributed by atoms with Crippen molar-refractivity contribution < 1.29 is 39.9 Å². The summed E-state index contributed by atoms with van der Waals surface area (Å²) < 4.78 is 109. The Hall–Kier alpha value is -4.80. The van der Waals surface area contributed by atoms with Gasteiger partial charge in [-0.25, -0.2) is 14.8 Å². The molecule has 0 aliphatic heterocycles. The quantitative estimate of drug-likeness (QED) is 0.0695. The van der Waals surface area contributed by atoms with Crippen molar-refractivity contribution in [2.45, 2.75) is 25.3 Å². The van der Waals surface area contributed by atoms with Crippen LogP contribution in [0.2, 0.25) is 5.15 Å². The first kappa shape index (κ1) is 31.1. The third kappa shape index (κ3) is 8.84. The first-order valence-electron chi connectivity index (χ1n) is 11.8. The van der Waals surface area contributed by atoms with Gasteiger partial charge in [-0.05, 0) is 47.5 Å². The topological polar surface area (TPSA) is 109 Å². The fraction of sp³-hybridized carbons (Fsp3) is 0.160. The Bertz CT molecular complexity index is 1590. The number of benzene rings is 2. The van der Waals surface area contributed by atoms with Gasteiger partial charge >= 0.3 is 18.7 Å². The Morgan fingerprint density at radius 3 is 2.37 bits per heavy atom. The fourth-order valence-electron chi connectivity index (χ4n) is 3.23. The van der Waals surface area contributed by atoms with Crippen LogP contribution in [0.1, 0.15) is 16.7 Å². The minimum absolute atomic E-state index is 0.0760. The first-order chi connectivity index (χ1) is 20.3. The van der Waals surface area contributed by atoms with E-state index in [0.717, 1.165) is 24.4 Å². The van der Waals surface area contributed by atoms with Crippen molar-refractivity contribution in [3.05, 3.63) is 88.5 Å². The lowest BCUT2D eigenvalue weighted by atomic mass is 10.2. The van der Waals surface area contributed by atoms with Gasteiger partial charge in [0.15, 0.2) is 0 Å². The summed E-state index contributed by atoms with van der Waals surface area (Å²) in [6.07, 6.45) is -11.1. The number of ether oxygens (including phenoxy) is 1. The zero-order chi connectivity index (χ0) is 31.2. The molecule has 2 aromatic carbocycles. The summed E-state index contributed by atoms with van der Waals surface area (Å²) >= 11 is 5.78. The van der Waals surface area contributed by atoms with Gasteiger partial charge in [0.1, 0.15) is 16.7 Å². The van der Waals surface area contributed by atoms with E-state index in [1.807, 2.05) is 0 Å². The minimum atomic E-state index is -4.96. The molecule has 226 valence electrons. The molecule has 0 amide bonds. The number of hydrazone groups is 1. The molecule has 0 fully saturated rings. The van der Waals surface area contributed by atoms with Crippen molar-refractivity contribution in [1.82, 2.24) is 19.9 Å². The first-order valence-corrected chi connectivity index (χ1v) is 12.1. The molecule has 0 aliphatic carbocycles. The van der Waals surface area contributed by atoms with Crippen molar-refractivity contribution in [1.29, 1.82) is 0 Å². The average molecular weight is 633 g/mol. The maximum Gasteiger partial charge on any atom is 0.461 e. The molecule has 2 heterocycles. The number of nitrogens with zero attached hydrogens (tertiary/aromatic N) is 5. The van der Waals surface area contributed by atoms with Gasteiger partial charge in [-0.3, -0.25) is 0 Å². The van der Waals surface area contributed by atoms with E-state index >= 15 is 0 Å². The zero-order valence-corrected chi connectivity index (χ0v) is 21.9. The van der Waals surface area contributed by atoms with Crippen LogP contribution in [0, 0.1) is 5.82 Å². The molecule has 0 atom stereocenters. The molecule has 0 unspecified atom stereocenters. The normalized spacial score (nSPS) is 12.0. The summed E-state index contributed by atoms with van der Waals surface area (Å²) in [5.41, 5.74) is 1.56. The fourth-order valence-corrected chi connectivity index (χ4v) is 3.34. The number of aromatic nitrogens is 4. The van der Waals surface area contributed by atoms with Gasteiger partial charge in [0.05, 0.1) is 11.8 Å². The van der Waals surface area contributed by atoms with Crippen molar-refractivity contribution in [2.24, 2.45) is 5.10 Å². The molecular weight excluding hydrogens is 616 g/mol. The van der Waals surface area contributed by atoms with Crippen LogP contribution in [-0.2, 0) is 12.7 Å². The van der Waals surface area contributed by atoms with Gasteiger partial charge in [0.2, 0.25) is 17.8 Å². The van der Waals surface area contributed by atoms with Crippen LogP contribution < -0.4 is 20.8 Å². The van der Waals surface area contributed by atoms with E-state index in [-0.39, 0.29) is 40.8 Å². The van der Waals surface area contributed by atoms with E-state index in [9.17, 15) is 35.1 Å². The minimum Gasteiger partial charge on any atom is -0.428 e. The predicted molar refractivity (Wildman–Crippen MR) is 140 cm³/mol. The highest BCUT2D eigenvalue weighted by Crippen LogP contribution is 2.33.